The van der Waals surface area contributed by atoms with E-state index in [0.717, 1.165) is 6.54 Å². The molecule has 1 unspecified atom stereocenters. The van der Waals surface area contributed by atoms with Crippen molar-refractivity contribution in [2.75, 3.05) is 13.7 Å². The first-order valence-corrected chi connectivity index (χ1v) is 5.82. The third-order valence-corrected chi connectivity index (χ3v) is 3.47. The fourth-order valence-corrected chi connectivity index (χ4v) is 2.66. The molecule has 3 heteroatoms. The number of nitrogens with one attached hydrogen (secondary N) is 1. The first kappa shape index (κ1) is 10.7. The Morgan fingerprint density at radius 1 is 1.40 bits per heavy atom. The summed E-state index contributed by atoms with van der Waals surface area (Å²) in [5, 5.41) is 3.42. The molecular formula is C12H19NO2. The van der Waals surface area contributed by atoms with E-state index >= 15 is 0 Å². The molecule has 1 N–H and O–H groups in total. The van der Waals surface area contributed by atoms with Crippen LogP contribution in [0.4, 0.5) is 0 Å². The van der Waals surface area contributed by atoms with Gasteiger partial charge in [0.2, 0.25) is 0 Å². The van der Waals surface area contributed by atoms with Gasteiger partial charge in [-0.3, -0.25) is 4.79 Å². The first-order valence-electron chi connectivity index (χ1n) is 5.82. The summed E-state index contributed by atoms with van der Waals surface area (Å²) < 4.78 is 4.73. The van der Waals surface area contributed by atoms with E-state index in [1.165, 1.54) is 44.8 Å². The molecule has 0 spiro atoms. The summed E-state index contributed by atoms with van der Waals surface area (Å²) >= 11 is 0. The van der Waals surface area contributed by atoms with Crippen molar-refractivity contribution in [1.82, 2.24) is 5.32 Å². The number of esters is 1. The minimum Gasteiger partial charge on any atom is -0.469 e. The molecule has 3 nitrogen and oxygen atoms in total. The van der Waals surface area contributed by atoms with E-state index in [-0.39, 0.29) is 12.0 Å². The van der Waals surface area contributed by atoms with Crippen LogP contribution >= 0.6 is 0 Å². The molecule has 0 radical (unpaired) electrons. The molecule has 84 valence electrons. The molecule has 0 bridgehead atoms. The van der Waals surface area contributed by atoms with Gasteiger partial charge >= 0.3 is 5.97 Å². The highest BCUT2D eigenvalue weighted by Crippen LogP contribution is 2.32. The van der Waals surface area contributed by atoms with Gasteiger partial charge in [0.15, 0.2) is 0 Å². The summed E-state index contributed by atoms with van der Waals surface area (Å²) in [7, 11) is 1.46. The summed E-state index contributed by atoms with van der Waals surface area (Å²) in [4.78, 5) is 11.3. The second kappa shape index (κ2) is 4.79. The second-order valence-electron chi connectivity index (χ2n) is 4.37. The maximum atomic E-state index is 11.3. The predicted octanol–water partition coefficient (Wildman–Crippen LogP) is 1.78. The van der Waals surface area contributed by atoms with Crippen LogP contribution in [0.25, 0.3) is 0 Å². The Hall–Kier alpha value is -0.830. The number of hydrogen-bond acceptors (Lipinski definition) is 3. The lowest BCUT2D eigenvalue weighted by Gasteiger charge is -2.32. The van der Waals surface area contributed by atoms with E-state index in [2.05, 4.69) is 5.32 Å². The quantitative estimate of drug-likeness (QED) is 0.556. The van der Waals surface area contributed by atoms with Gasteiger partial charge < -0.3 is 10.1 Å². The Labute approximate surface area is 90.9 Å². The third kappa shape index (κ3) is 2.40. The van der Waals surface area contributed by atoms with Gasteiger partial charge in [-0.1, -0.05) is 11.1 Å². The Balaban J connectivity index is 2.07. The Kier molecular flexibility index (Phi) is 3.41. The van der Waals surface area contributed by atoms with E-state index < -0.39 is 0 Å². The number of ether oxygens (including phenoxy) is 1. The monoisotopic (exact) mass is 209 g/mol. The highest BCUT2D eigenvalue weighted by molar-refractivity contribution is 5.70. The molecule has 1 aliphatic carbocycles. The van der Waals surface area contributed by atoms with Gasteiger partial charge in [-0.2, -0.15) is 0 Å². The summed E-state index contributed by atoms with van der Waals surface area (Å²) in [5.41, 5.74) is 3.10. The van der Waals surface area contributed by atoms with Crippen molar-refractivity contribution >= 4 is 5.97 Å². The van der Waals surface area contributed by atoms with E-state index in [9.17, 15) is 4.79 Å². The molecule has 2 rings (SSSR count). The zero-order chi connectivity index (χ0) is 10.7. The molecule has 1 aliphatic heterocycles. The van der Waals surface area contributed by atoms with E-state index in [1.54, 1.807) is 5.57 Å². The molecule has 0 fully saturated rings. The zero-order valence-electron chi connectivity index (χ0n) is 9.34. The fourth-order valence-electron chi connectivity index (χ4n) is 2.66. The molecule has 0 amide bonds. The molecule has 0 aromatic heterocycles. The average molecular weight is 209 g/mol. The van der Waals surface area contributed by atoms with E-state index in [1.807, 2.05) is 0 Å². The molecule has 0 aromatic carbocycles. The van der Waals surface area contributed by atoms with Gasteiger partial charge in [0.1, 0.15) is 0 Å². The fraction of sp³-hybridized carbons (Fsp3) is 0.750. The number of methoxy groups -OCH3 is 1. The normalized spacial score (nSPS) is 26.1. The number of carbonyl (C=O) groups excluding carboxylic acids is 1. The molecule has 0 saturated heterocycles. The van der Waals surface area contributed by atoms with Crippen molar-refractivity contribution < 1.29 is 9.53 Å². The Morgan fingerprint density at radius 3 is 3.00 bits per heavy atom. The summed E-state index contributed by atoms with van der Waals surface area (Å²) in [6.07, 6.45) is 6.68. The lowest BCUT2D eigenvalue weighted by Crippen LogP contribution is -2.39. The van der Waals surface area contributed by atoms with Gasteiger partial charge in [-0.15, -0.1) is 0 Å². The number of rotatable bonds is 2. The molecule has 0 saturated carbocycles. The van der Waals surface area contributed by atoms with E-state index in [4.69, 9.17) is 4.74 Å². The lowest BCUT2D eigenvalue weighted by atomic mass is 9.82. The summed E-state index contributed by atoms with van der Waals surface area (Å²) in [6.45, 7) is 1.01. The average Bonchev–Trinajstić information content (AvgIpc) is 2.29. The maximum absolute atomic E-state index is 11.3. The molecule has 1 atom stereocenters. The van der Waals surface area contributed by atoms with Crippen molar-refractivity contribution in [2.24, 2.45) is 0 Å². The molecule has 2 aliphatic rings. The number of carbonyl (C=O) groups is 1. The Bertz CT molecular complexity index is 279. The Morgan fingerprint density at radius 2 is 2.20 bits per heavy atom. The topological polar surface area (TPSA) is 38.3 Å². The largest absolute Gasteiger partial charge is 0.469 e. The maximum Gasteiger partial charge on any atom is 0.307 e. The van der Waals surface area contributed by atoms with Crippen molar-refractivity contribution in [3.63, 3.8) is 0 Å². The number of hydrogen-bond donors (Lipinski definition) is 1. The second-order valence-corrected chi connectivity index (χ2v) is 4.37. The van der Waals surface area contributed by atoms with Gasteiger partial charge in [-0.05, 0) is 38.6 Å². The molecule has 1 heterocycles. The van der Waals surface area contributed by atoms with Crippen LogP contribution in [0.3, 0.4) is 0 Å². The predicted molar refractivity (Wildman–Crippen MR) is 58.5 cm³/mol. The zero-order valence-corrected chi connectivity index (χ0v) is 9.34. The standard InChI is InChI=1S/C12H19NO2/c1-15-12(14)8-11-10-5-3-2-4-9(10)6-7-13-11/h11,13H,2-8H2,1H3. The smallest absolute Gasteiger partial charge is 0.307 e. The SMILES string of the molecule is COC(=O)CC1NCCC2=C1CCCC2. The third-order valence-electron chi connectivity index (χ3n) is 3.47. The van der Waals surface area contributed by atoms with Crippen LogP contribution < -0.4 is 5.32 Å². The van der Waals surface area contributed by atoms with Crippen LogP contribution in [0.2, 0.25) is 0 Å². The molecule has 0 aromatic rings. The van der Waals surface area contributed by atoms with Gasteiger partial charge in [0, 0.05) is 6.04 Å². The first-order chi connectivity index (χ1) is 7.31. The van der Waals surface area contributed by atoms with Crippen molar-refractivity contribution in [2.45, 2.75) is 44.6 Å². The minimum absolute atomic E-state index is 0.105. The van der Waals surface area contributed by atoms with Crippen LogP contribution in [0.5, 0.6) is 0 Å². The lowest BCUT2D eigenvalue weighted by molar-refractivity contribution is -0.141. The van der Waals surface area contributed by atoms with Crippen LogP contribution in [-0.2, 0) is 9.53 Å². The van der Waals surface area contributed by atoms with Crippen molar-refractivity contribution in [3.8, 4) is 0 Å². The van der Waals surface area contributed by atoms with Crippen LogP contribution in [0, 0.1) is 0 Å². The summed E-state index contributed by atoms with van der Waals surface area (Å²) in [5.74, 6) is -0.105. The molecular weight excluding hydrogens is 190 g/mol. The highest BCUT2D eigenvalue weighted by Gasteiger charge is 2.26. The minimum atomic E-state index is -0.105. The van der Waals surface area contributed by atoms with Gasteiger partial charge in [-0.25, -0.2) is 0 Å². The van der Waals surface area contributed by atoms with Crippen LogP contribution in [0.1, 0.15) is 38.5 Å². The van der Waals surface area contributed by atoms with Crippen molar-refractivity contribution in [3.05, 3.63) is 11.1 Å². The highest BCUT2D eigenvalue weighted by atomic mass is 16.5. The summed E-state index contributed by atoms with van der Waals surface area (Å²) in [6, 6.07) is 0.251. The van der Waals surface area contributed by atoms with Crippen LogP contribution in [-0.4, -0.2) is 25.7 Å². The van der Waals surface area contributed by atoms with E-state index in [0.29, 0.717) is 6.42 Å². The van der Waals surface area contributed by atoms with Crippen LogP contribution in [0.15, 0.2) is 11.1 Å². The van der Waals surface area contributed by atoms with Gasteiger partial charge in [0.25, 0.3) is 0 Å². The van der Waals surface area contributed by atoms with Gasteiger partial charge in [0.05, 0.1) is 13.5 Å². The molecule has 15 heavy (non-hydrogen) atoms. The van der Waals surface area contributed by atoms with Crippen molar-refractivity contribution in [1.29, 1.82) is 0 Å².